The summed E-state index contributed by atoms with van der Waals surface area (Å²) in [5.41, 5.74) is 3.02. The Hall–Kier alpha value is -0.900. The van der Waals surface area contributed by atoms with Crippen LogP contribution in [-0.2, 0) is 11.2 Å². The van der Waals surface area contributed by atoms with Crippen molar-refractivity contribution in [3.63, 3.8) is 0 Å². The minimum Gasteiger partial charge on any atom is -0.383 e. The SMILES string of the molecule is CCCNC1c2ccccc2CCC1N(CC)CCOC. The number of nitrogens with zero attached hydrogens (tertiary/aromatic N) is 1. The van der Waals surface area contributed by atoms with Gasteiger partial charge in [-0.2, -0.15) is 0 Å². The van der Waals surface area contributed by atoms with Gasteiger partial charge < -0.3 is 10.1 Å². The number of rotatable bonds is 8. The molecule has 2 atom stereocenters. The first-order valence-electron chi connectivity index (χ1n) is 8.36. The summed E-state index contributed by atoms with van der Waals surface area (Å²) in [6.07, 6.45) is 3.60. The molecule has 1 aliphatic rings. The maximum absolute atomic E-state index is 5.29. The van der Waals surface area contributed by atoms with E-state index in [1.807, 2.05) is 0 Å². The lowest BCUT2D eigenvalue weighted by Crippen LogP contribution is -2.48. The third-order valence-corrected chi connectivity index (χ3v) is 4.56. The van der Waals surface area contributed by atoms with Crippen LogP contribution in [0.3, 0.4) is 0 Å². The Morgan fingerprint density at radius 2 is 2.10 bits per heavy atom. The third kappa shape index (κ3) is 4.06. The normalized spacial score (nSPS) is 21.5. The molecule has 1 aromatic rings. The second-order valence-corrected chi connectivity index (χ2v) is 5.86. The first kappa shape index (κ1) is 16.5. The van der Waals surface area contributed by atoms with Crippen LogP contribution in [0.4, 0.5) is 0 Å². The molecular formula is C18H30N2O. The van der Waals surface area contributed by atoms with E-state index in [2.05, 4.69) is 48.3 Å². The molecule has 0 fully saturated rings. The Bertz CT molecular complexity index is 421. The smallest absolute Gasteiger partial charge is 0.0589 e. The fraction of sp³-hybridized carbons (Fsp3) is 0.667. The summed E-state index contributed by atoms with van der Waals surface area (Å²) in [6.45, 7) is 8.49. The largest absolute Gasteiger partial charge is 0.383 e. The van der Waals surface area contributed by atoms with Crippen molar-refractivity contribution in [1.29, 1.82) is 0 Å². The predicted molar refractivity (Wildman–Crippen MR) is 88.7 cm³/mol. The molecule has 1 aliphatic carbocycles. The van der Waals surface area contributed by atoms with Gasteiger partial charge in [-0.1, -0.05) is 38.1 Å². The number of likely N-dealkylation sites (N-methyl/N-ethyl adjacent to an activating group) is 1. The van der Waals surface area contributed by atoms with E-state index < -0.39 is 0 Å². The minimum absolute atomic E-state index is 0.451. The molecule has 0 spiro atoms. The van der Waals surface area contributed by atoms with Gasteiger partial charge in [0.1, 0.15) is 0 Å². The molecule has 21 heavy (non-hydrogen) atoms. The van der Waals surface area contributed by atoms with E-state index in [0.717, 1.165) is 26.2 Å². The van der Waals surface area contributed by atoms with Crippen molar-refractivity contribution >= 4 is 0 Å². The molecule has 0 aliphatic heterocycles. The van der Waals surface area contributed by atoms with Crippen molar-refractivity contribution in [3.8, 4) is 0 Å². The summed E-state index contributed by atoms with van der Waals surface area (Å²) in [6, 6.07) is 9.96. The van der Waals surface area contributed by atoms with Crippen LogP contribution in [0.5, 0.6) is 0 Å². The lowest BCUT2D eigenvalue weighted by molar-refractivity contribution is 0.0977. The fourth-order valence-corrected chi connectivity index (χ4v) is 3.45. The highest BCUT2D eigenvalue weighted by Gasteiger charge is 2.32. The second kappa shape index (κ2) is 8.52. The van der Waals surface area contributed by atoms with E-state index >= 15 is 0 Å². The zero-order valence-electron chi connectivity index (χ0n) is 13.8. The molecule has 0 aromatic heterocycles. The van der Waals surface area contributed by atoms with E-state index in [4.69, 9.17) is 4.74 Å². The number of hydrogen-bond donors (Lipinski definition) is 1. The summed E-state index contributed by atoms with van der Waals surface area (Å²) in [7, 11) is 1.79. The van der Waals surface area contributed by atoms with Gasteiger partial charge in [-0.05, 0) is 43.5 Å². The second-order valence-electron chi connectivity index (χ2n) is 5.86. The molecule has 3 heteroatoms. The zero-order chi connectivity index (χ0) is 15.1. The van der Waals surface area contributed by atoms with Crippen molar-refractivity contribution < 1.29 is 4.74 Å². The molecular weight excluding hydrogens is 260 g/mol. The molecule has 118 valence electrons. The Morgan fingerprint density at radius 3 is 2.81 bits per heavy atom. The summed E-state index contributed by atoms with van der Waals surface area (Å²) >= 11 is 0. The van der Waals surface area contributed by atoms with E-state index in [9.17, 15) is 0 Å². The maximum Gasteiger partial charge on any atom is 0.0589 e. The minimum atomic E-state index is 0.451. The van der Waals surface area contributed by atoms with Crippen molar-refractivity contribution in [2.75, 3.05) is 33.4 Å². The average Bonchev–Trinajstić information content (AvgIpc) is 2.54. The highest BCUT2D eigenvalue weighted by molar-refractivity contribution is 5.34. The van der Waals surface area contributed by atoms with Crippen molar-refractivity contribution in [1.82, 2.24) is 10.2 Å². The van der Waals surface area contributed by atoms with Crippen LogP contribution in [0.15, 0.2) is 24.3 Å². The lowest BCUT2D eigenvalue weighted by Gasteiger charge is -2.41. The van der Waals surface area contributed by atoms with Gasteiger partial charge in [-0.25, -0.2) is 0 Å². The van der Waals surface area contributed by atoms with E-state index in [1.165, 1.54) is 30.4 Å². The van der Waals surface area contributed by atoms with Gasteiger partial charge in [0.25, 0.3) is 0 Å². The van der Waals surface area contributed by atoms with Crippen molar-refractivity contribution in [2.24, 2.45) is 0 Å². The van der Waals surface area contributed by atoms with E-state index in [0.29, 0.717) is 12.1 Å². The monoisotopic (exact) mass is 290 g/mol. The Morgan fingerprint density at radius 1 is 1.29 bits per heavy atom. The van der Waals surface area contributed by atoms with Gasteiger partial charge >= 0.3 is 0 Å². The Balaban J connectivity index is 2.19. The van der Waals surface area contributed by atoms with Crippen LogP contribution >= 0.6 is 0 Å². The molecule has 1 aromatic carbocycles. The number of ether oxygens (including phenoxy) is 1. The standard InChI is InChI=1S/C18H30N2O/c1-4-12-19-18-16-9-7-6-8-15(16)10-11-17(18)20(5-2)13-14-21-3/h6-9,17-19H,4-5,10-14H2,1-3H3. The van der Waals surface area contributed by atoms with Gasteiger partial charge in [0.05, 0.1) is 6.61 Å². The van der Waals surface area contributed by atoms with Gasteiger partial charge in [0.15, 0.2) is 0 Å². The number of methoxy groups -OCH3 is 1. The molecule has 2 rings (SSSR count). The predicted octanol–water partition coefficient (Wildman–Crippen LogP) is 3.01. The molecule has 3 nitrogen and oxygen atoms in total. The summed E-state index contributed by atoms with van der Waals surface area (Å²) < 4.78 is 5.29. The van der Waals surface area contributed by atoms with Gasteiger partial charge in [-0.15, -0.1) is 0 Å². The molecule has 0 amide bonds. The van der Waals surface area contributed by atoms with Crippen LogP contribution in [0, 0.1) is 0 Å². The first-order valence-corrected chi connectivity index (χ1v) is 8.36. The Kier molecular flexibility index (Phi) is 6.68. The molecule has 0 heterocycles. The van der Waals surface area contributed by atoms with Crippen molar-refractivity contribution in [2.45, 2.75) is 45.2 Å². The molecule has 0 bridgehead atoms. The van der Waals surface area contributed by atoms with Crippen LogP contribution < -0.4 is 5.32 Å². The topological polar surface area (TPSA) is 24.5 Å². The molecule has 1 N–H and O–H groups in total. The maximum atomic E-state index is 5.29. The highest BCUT2D eigenvalue weighted by Crippen LogP contribution is 2.33. The molecule has 0 saturated heterocycles. The quantitative estimate of drug-likeness (QED) is 0.796. The van der Waals surface area contributed by atoms with E-state index in [1.54, 1.807) is 7.11 Å². The number of aryl methyl sites for hydroxylation is 1. The van der Waals surface area contributed by atoms with Crippen LogP contribution in [0.2, 0.25) is 0 Å². The molecule has 0 radical (unpaired) electrons. The van der Waals surface area contributed by atoms with Crippen LogP contribution in [0.25, 0.3) is 0 Å². The third-order valence-electron chi connectivity index (χ3n) is 4.56. The lowest BCUT2D eigenvalue weighted by atomic mass is 9.83. The van der Waals surface area contributed by atoms with Crippen molar-refractivity contribution in [3.05, 3.63) is 35.4 Å². The molecule has 0 saturated carbocycles. The highest BCUT2D eigenvalue weighted by atomic mass is 16.5. The van der Waals surface area contributed by atoms with Gasteiger partial charge in [0.2, 0.25) is 0 Å². The number of benzene rings is 1. The van der Waals surface area contributed by atoms with Crippen LogP contribution in [-0.4, -0.2) is 44.3 Å². The van der Waals surface area contributed by atoms with E-state index in [-0.39, 0.29) is 0 Å². The summed E-state index contributed by atoms with van der Waals surface area (Å²) in [4.78, 5) is 2.58. The number of nitrogens with one attached hydrogen (secondary N) is 1. The van der Waals surface area contributed by atoms with Gasteiger partial charge in [0, 0.05) is 25.7 Å². The fourth-order valence-electron chi connectivity index (χ4n) is 3.45. The number of hydrogen-bond acceptors (Lipinski definition) is 3. The zero-order valence-corrected chi connectivity index (χ0v) is 13.8. The summed E-state index contributed by atoms with van der Waals surface area (Å²) in [5, 5.41) is 3.79. The summed E-state index contributed by atoms with van der Waals surface area (Å²) in [5.74, 6) is 0. The van der Waals surface area contributed by atoms with Gasteiger partial charge in [-0.3, -0.25) is 4.90 Å². The first-order chi connectivity index (χ1) is 10.3. The molecule has 2 unspecified atom stereocenters. The number of fused-ring (bicyclic) bond motifs is 1. The Labute approximate surface area is 129 Å². The van der Waals surface area contributed by atoms with Crippen LogP contribution in [0.1, 0.15) is 43.9 Å². The average molecular weight is 290 g/mol.